The molecule has 1 amide bonds. The van der Waals surface area contributed by atoms with Crippen LogP contribution in [-0.2, 0) is 32.6 Å². The number of pyridine rings is 1. The number of carboxylic acids is 1. The molecule has 8 heteroatoms. The normalized spacial score (nSPS) is 20.0. The Kier molecular flexibility index (Phi) is 8.24. The van der Waals surface area contributed by atoms with Gasteiger partial charge < -0.3 is 20.5 Å². The van der Waals surface area contributed by atoms with Gasteiger partial charge in [0, 0.05) is 25.3 Å². The first-order chi connectivity index (χ1) is 17.2. The van der Waals surface area contributed by atoms with Crippen molar-refractivity contribution in [1.82, 2.24) is 10.3 Å². The van der Waals surface area contributed by atoms with E-state index in [9.17, 15) is 19.1 Å². The highest BCUT2D eigenvalue weighted by molar-refractivity contribution is 5.90. The Morgan fingerprint density at radius 3 is 2.69 bits per heavy atom. The number of amides is 1. The number of hydrogen-bond donors (Lipinski definition) is 3. The fourth-order valence-electron chi connectivity index (χ4n) is 4.85. The molecule has 0 saturated heterocycles. The number of rotatable bonds is 11. The van der Waals surface area contributed by atoms with Gasteiger partial charge in [-0.15, -0.1) is 0 Å². The summed E-state index contributed by atoms with van der Waals surface area (Å²) in [5.74, 6) is -0.278. The van der Waals surface area contributed by atoms with Crippen LogP contribution >= 0.6 is 0 Å². The van der Waals surface area contributed by atoms with Crippen LogP contribution in [0.2, 0.25) is 0 Å². The highest BCUT2D eigenvalue weighted by atomic mass is 19.1. The van der Waals surface area contributed by atoms with Gasteiger partial charge in [-0.05, 0) is 87.6 Å². The number of benzene rings is 1. The molecule has 0 bridgehead atoms. The zero-order valence-corrected chi connectivity index (χ0v) is 21.1. The van der Waals surface area contributed by atoms with Crippen molar-refractivity contribution in [3.63, 3.8) is 0 Å². The number of carbonyl (C=O) groups excluding carboxylic acids is 1. The largest absolute Gasteiger partial charge is 0.480 e. The van der Waals surface area contributed by atoms with Gasteiger partial charge in [-0.3, -0.25) is 4.79 Å². The van der Waals surface area contributed by atoms with Crippen molar-refractivity contribution in [2.75, 3.05) is 18.5 Å². The lowest BCUT2D eigenvalue weighted by Gasteiger charge is -2.35. The van der Waals surface area contributed by atoms with Crippen molar-refractivity contribution in [2.45, 2.75) is 76.4 Å². The lowest BCUT2D eigenvalue weighted by molar-refractivity contribution is -0.143. The minimum atomic E-state index is -1.10. The van der Waals surface area contributed by atoms with Gasteiger partial charge >= 0.3 is 5.97 Å². The average molecular weight is 498 g/mol. The number of ether oxygens (including phenoxy) is 1. The third-order valence-electron chi connectivity index (χ3n) is 7.45. The van der Waals surface area contributed by atoms with Crippen LogP contribution in [-0.4, -0.2) is 47.3 Å². The van der Waals surface area contributed by atoms with Gasteiger partial charge in [-0.25, -0.2) is 14.2 Å². The summed E-state index contributed by atoms with van der Waals surface area (Å²) in [5.41, 5.74) is 2.05. The molecule has 2 aromatic rings. The van der Waals surface area contributed by atoms with Gasteiger partial charge in [-0.2, -0.15) is 0 Å². The Balaban J connectivity index is 1.17. The number of carboxylic acid groups (broad SMARTS) is 1. The first kappa shape index (κ1) is 26.1. The zero-order chi connectivity index (χ0) is 25.7. The fourth-order valence-corrected chi connectivity index (χ4v) is 4.85. The number of hydrogen-bond acceptors (Lipinski definition) is 5. The van der Waals surface area contributed by atoms with Crippen molar-refractivity contribution in [3.8, 4) is 0 Å². The van der Waals surface area contributed by atoms with E-state index in [4.69, 9.17) is 9.72 Å². The van der Waals surface area contributed by atoms with Crippen LogP contribution in [0.15, 0.2) is 36.4 Å². The third-order valence-corrected chi connectivity index (χ3v) is 7.45. The molecule has 1 fully saturated rings. The highest BCUT2D eigenvalue weighted by Gasteiger charge is 2.34. The van der Waals surface area contributed by atoms with Crippen LogP contribution < -0.4 is 10.6 Å². The predicted molar refractivity (Wildman–Crippen MR) is 135 cm³/mol. The fraction of sp³-hybridized carbons (Fsp3) is 0.536. The second-order valence-corrected chi connectivity index (χ2v) is 10.5. The molecule has 194 valence electrons. The first-order valence-corrected chi connectivity index (χ1v) is 12.9. The average Bonchev–Trinajstić information content (AvgIpc) is 2.84. The van der Waals surface area contributed by atoms with E-state index < -0.39 is 23.3 Å². The van der Waals surface area contributed by atoms with E-state index in [1.807, 2.05) is 0 Å². The van der Waals surface area contributed by atoms with Gasteiger partial charge in [0.1, 0.15) is 17.7 Å². The van der Waals surface area contributed by atoms with E-state index in [1.54, 1.807) is 26.0 Å². The van der Waals surface area contributed by atoms with Crippen molar-refractivity contribution in [1.29, 1.82) is 0 Å². The summed E-state index contributed by atoms with van der Waals surface area (Å²) in [6.07, 6.45) is 6.51. The summed E-state index contributed by atoms with van der Waals surface area (Å²) in [7, 11) is 0. The van der Waals surface area contributed by atoms with E-state index in [1.165, 1.54) is 17.7 Å². The molecule has 2 aliphatic rings. The van der Waals surface area contributed by atoms with Gasteiger partial charge in [-0.1, -0.05) is 18.2 Å². The second kappa shape index (κ2) is 11.4. The molecule has 3 N–H and O–H groups in total. The lowest BCUT2D eigenvalue weighted by atomic mass is 9.79. The maximum Gasteiger partial charge on any atom is 0.326 e. The number of aromatic nitrogens is 1. The van der Waals surface area contributed by atoms with E-state index >= 15 is 0 Å². The maximum atomic E-state index is 13.2. The Bertz CT molecular complexity index is 1070. The number of halogens is 1. The number of aryl methyl sites for hydroxylation is 2. The molecule has 1 aliphatic carbocycles. The Hall–Kier alpha value is -3.00. The van der Waals surface area contributed by atoms with E-state index in [0.29, 0.717) is 11.5 Å². The van der Waals surface area contributed by atoms with Crippen LogP contribution in [0.4, 0.5) is 10.2 Å². The topological polar surface area (TPSA) is 101 Å². The molecule has 1 atom stereocenters. The van der Waals surface area contributed by atoms with Gasteiger partial charge in [0.2, 0.25) is 5.91 Å². The molecule has 4 rings (SSSR count). The maximum absolute atomic E-state index is 13.2. The minimum Gasteiger partial charge on any atom is -0.480 e. The molecular formula is C28H36FN3O4. The van der Waals surface area contributed by atoms with Crippen molar-refractivity contribution in [2.24, 2.45) is 5.92 Å². The predicted octanol–water partition coefficient (Wildman–Crippen LogP) is 4.24. The van der Waals surface area contributed by atoms with Crippen LogP contribution in [0.5, 0.6) is 0 Å². The molecule has 36 heavy (non-hydrogen) atoms. The molecule has 1 aromatic heterocycles. The van der Waals surface area contributed by atoms with Crippen LogP contribution in [0.25, 0.3) is 0 Å². The number of nitrogens with zero attached hydrogens (tertiary/aromatic N) is 1. The molecular weight excluding hydrogens is 461 g/mol. The molecule has 0 spiro atoms. The highest BCUT2D eigenvalue weighted by Crippen LogP contribution is 2.34. The smallest absolute Gasteiger partial charge is 0.326 e. The Labute approximate surface area is 211 Å². The van der Waals surface area contributed by atoms with Crippen LogP contribution in [0, 0.1) is 11.7 Å². The molecule has 0 radical (unpaired) electrons. The summed E-state index contributed by atoms with van der Waals surface area (Å²) in [6, 6.07) is 8.94. The molecule has 1 aliphatic heterocycles. The van der Waals surface area contributed by atoms with Crippen molar-refractivity contribution < 1.29 is 23.8 Å². The molecule has 1 saturated carbocycles. The van der Waals surface area contributed by atoms with E-state index in [-0.39, 0.29) is 24.9 Å². The summed E-state index contributed by atoms with van der Waals surface area (Å²) in [4.78, 5) is 29.3. The third kappa shape index (κ3) is 6.40. The Morgan fingerprint density at radius 1 is 1.22 bits per heavy atom. The van der Waals surface area contributed by atoms with Crippen molar-refractivity contribution >= 4 is 17.7 Å². The van der Waals surface area contributed by atoms with Crippen LogP contribution in [0.3, 0.4) is 0 Å². The summed E-state index contributed by atoms with van der Waals surface area (Å²) >= 11 is 0. The summed E-state index contributed by atoms with van der Waals surface area (Å²) in [6.45, 7) is 4.64. The van der Waals surface area contributed by atoms with E-state index in [0.717, 1.165) is 56.6 Å². The number of fused-ring (bicyclic) bond motifs is 1. The molecule has 7 nitrogen and oxygen atoms in total. The van der Waals surface area contributed by atoms with Crippen molar-refractivity contribution in [3.05, 3.63) is 59.0 Å². The monoisotopic (exact) mass is 497 g/mol. The van der Waals surface area contributed by atoms with Gasteiger partial charge in [0.05, 0.1) is 11.5 Å². The SMILES string of the molecule is CC(C)(C(=O)N[C@@H](CCO[C@H]1C[C@H](CCc2ccc3c(n2)NCCC3)C1)C(=O)O)c1ccc(F)cc1. The number of aliphatic carboxylic acids is 1. The standard InChI is InChI=1S/C28H36FN3O4/c1-28(2,20-7-9-21(29)10-8-20)27(35)32-24(26(33)34)13-15-36-23-16-18(17-23)5-11-22-12-6-19-4-3-14-30-25(19)31-22/h6-10,12,18,23-24H,3-5,11,13-17H2,1-2H3,(H,30,31)(H,32,35)(H,33,34)/t18-,23-,24-/m0/s1. The molecule has 2 heterocycles. The summed E-state index contributed by atoms with van der Waals surface area (Å²) < 4.78 is 19.1. The van der Waals surface area contributed by atoms with Gasteiger partial charge in [0.15, 0.2) is 0 Å². The van der Waals surface area contributed by atoms with Gasteiger partial charge in [0.25, 0.3) is 0 Å². The number of anilines is 1. The Morgan fingerprint density at radius 2 is 1.97 bits per heavy atom. The first-order valence-electron chi connectivity index (χ1n) is 12.9. The van der Waals surface area contributed by atoms with E-state index in [2.05, 4.69) is 22.8 Å². The molecule has 1 aromatic carbocycles. The number of nitrogens with one attached hydrogen (secondary N) is 2. The minimum absolute atomic E-state index is 0.133. The number of carbonyl (C=O) groups is 2. The quantitative estimate of drug-likeness (QED) is 0.429. The lowest BCUT2D eigenvalue weighted by Crippen LogP contribution is -2.49. The zero-order valence-electron chi connectivity index (χ0n) is 21.1. The second-order valence-electron chi connectivity index (χ2n) is 10.5. The molecule has 0 unspecified atom stereocenters. The van der Waals surface area contributed by atoms with Crippen LogP contribution in [0.1, 0.15) is 62.8 Å². The summed E-state index contributed by atoms with van der Waals surface area (Å²) in [5, 5.41) is 15.6.